The molecule has 0 bridgehead atoms. The lowest BCUT2D eigenvalue weighted by Crippen LogP contribution is -2.20. The Labute approximate surface area is 110 Å². The molecule has 98 valence electrons. The van der Waals surface area contributed by atoms with Crippen LogP contribution in [0.15, 0.2) is 54.6 Å². The number of hydrogen-bond donors (Lipinski definition) is 1. The van der Waals surface area contributed by atoms with Gasteiger partial charge in [0, 0.05) is 10.6 Å². The van der Waals surface area contributed by atoms with E-state index in [1.807, 2.05) is 18.2 Å². The second-order valence-electron chi connectivity index (χ2n) is 4.13. The molecule has 5 heteroatoms. The molecule has 0 saturated carbocycles. The van der Waals surface area contributed by atoms with E-state index in [1.165, 1.54) is 12.1 Å². The molecule has 2 aromatic rings. The Morgan fingerprint density at radius 2 is 1.89 bits per heavy atom. The predicted molar refractivity (Wildman–Crippen MR) is 71.1 cm³/mol. The standard InChI is InChI=1S/C14H13FN2O2/c15-12-7-4-8-13(9-12)16-14(10-17(18)19)11-5-2-1-3-6-11/h1-9,14,16H,10H2. The molecular formula is C14H13FN2O2. The van der Waals surface area contributed by atoms with E-state index in [0.717, 1.165) is 5.56 Å². The SMILES string of the molecule is O=[N+]([O-])CC(Nc1cccc(F)c1)c1ccccc1. The van der Waals surface area contributed by atoms with Crippen LogP contribution in [0.5, 0.6) is 0 Å². The van der Waals surface area contributed by atoms with E-state index in [-0.39, 0.29) is 17.3 Å². The van der Waals surface area contributed by atoms with Crippen LogP contribution in [0.4, 0.5) is 10.1 Å². The van der Waals surface area contributed by atoms with Crippen molar-refractivity contribution in [3.63, 3.8) is 0 Å². The first-order valence-corrected chi connectivity index (χ1v) is 5.84. The molecule has 0 amide bonds. The van der Waals surface area contributed by atoms with E-state index in [1.54, 1.807) is 24.3 Å². The van der Waals surface area contributed by atoms with Crippen LogP contribution in [0, 0.1) is 15.9 Å². The van der Waals surface area contributed by atoms with Crippen molar-refractivity contribution in [1.82, 2.24) is 0 Å². The van der Waals surface area contributed by atoms with E-state index in [9.17, 15) is 14.5 Å². The van der Waals surface area contributed by atoms with Crippen LogP contribution < -0.4 is 5.32 Å². The van der Waals surface area contributed by atoms with Crippen LogP contribution >= 0.6 is 0 Å². The van der Waals surface area contributed by atoms with Gasteiger partial charge in [-0.15, -0.1) is 0 Å². The van der Waals surface area contributed by atoms with Gasteiger partial charge in [-0.2, -0.15) is 0 Å². The van der Waals surface area contributed by atoms with Crippen LogP contribution in [0.3, 0.4) is 0 Å². The summed E-state index contributed by atoms with van der Waals surface area (Å²) in [5, 5.41) is 13.7. The summed E-state index contributed by atoms with van der Waals surface area (Å²) in [6, 6.07) is 14.5. The molecule has 0 aliphatic carbocycles. The summed E-state index contributed by atoms with van der Waals surface area (Å²) < 4.78 is 13.1. The minimum Gasteiger partial charge on any atom is -0.372 e. The van der Waals surface area contributed by atoms with Gasteiger partial charge < -0.3 is 5.32 Å². The molecule has 0 aromatic heterocycles. The third-order valence-electron chi connectivity index (χ3n) is 2.70. The normalized spacial score (nSPS) is 11.8. The third-order valence-corrected chi connectivity index (χ3v) is 2.70. The van der Waals surface area contributed by atoms with Crippen molar-refractivity contribution >= 4 is 5.69 Å². The number of nitrogens with one attached hydrogen (secondary N) is 1. The van der Waals surface area contributed by atoms with E-state index in [4.69, 9.17) is 0 Å². The molecule has 1 unspecified atom stereocenters. The molecule has 2 aromatic carbocycles. The minimum atomic E-state index is -0.488. The number of rotatable bonds is 5. The molecular weight excluding hydrogens is 247 g/mol. The van der Waals surface area contributed by atoms with Gasteiger partial charge >= 0.3 is 0 Å². The molecule has 0 radical (unpaired) electrons. The molecule has 19 heavy (non-hydrogen) atoms. The molecule has 1 atom stereocenters. The molecule has 2 rings (SSSR count). The highest BCUT2D eigenvalue weighted by Crippen LogP contribution is 2.20. The predicted octanol–water partition coefficient (Wildman–Crippen LogP) is 3.26. The van der Waals surface area contributed by atoms with Crippen LogP contribution in [-0.4, -0.2) is 11.5 Å². The van der Waals surface area contributed by atoms with Crippen LogP contribution in [0.1, 0.15) is 11.6 Å². The highest BCUT2D eigenvalue weighted by atomic mass is 19.1. The Hall–Kier alpha value is -2.43. The number of benzene rings is 2. The quantitative estimate of drug-likeness (QED) is 0.663. The van der Waals surface area contributed by atoms with Crippen LogP contribution in [0.2, 0.25) is 0 Å². The zero-order valence-electron chi connectivity index (χ0n) is 10.1. The highest BCUT2D eigenvalue weighted by molar-refractivity contribution is 5.45. The second kappa shape index (κ2) is 5.95. The molecule has 4 nitrogen and oxygen atoms in total. The van der Waals surface area contributed by atoms with Crippen molar-refractivity contribution in [2.75, 3.05) is 11.9 Å². The van der Waals surface area contributed by atoms with E-state index in [2.05, 4.69) is 5.32 Å². The molecule has 1 N–H and O–H groups in total. The van der Waals surface area contributed by atoms with Gasteiger partial charge in [0.1, 0.15) is 11.9 Å². The van der Waals surface area contributed by atoms with Crippen molar-refractivity contribution < 1.29 is 9.31 Å². The number of halogens is 1. The Morgan fingerprint density at radius 3 is 2.53 bits per heavy atom. The summed E-state index contributed by atoms with van der Waals surface area (Å²) in [5.41, 5.74) is 1.32. The maximum Gasteiger partial charge on any atom is 0.227 e. The number of anilines is 1. The first-order chi connectivity index (χ1) is 9.15. The fourth-order valence-corrected chi connectivity index (χ4v) is 1.85. The summed E-state index contributed by atoms with van der Waals surface area (Å²) in [5.74, 6) is -0.377. The van der Waals surface area contributed by atoms with E-state index in [0.29, 0.717) is 5.69 Å². The molecule has 0 saturated heterocycles. The second-order valence-corrected chi connectivity index (χ2v) is 4.13. The summed E-state index contributed by atoms with van der Waals surface area (Å²) in [6.07, 6.45) is 0. The Kier molecular flexibility index (Phi) is 4.07. The Balaban J connectivity index is 2.21. The minimum absolute atomic E-state index is 0.263. The van der Waals surface area contributed by atoms with Crippen LogP contribution in [-0.2, 0) is 0 Å². The van der Waals surface area contributed by atoms with E-state index < -0.39 is 6.04 Å². The molecule has 0 aliphatic heterocycles. The third kappa shape index (κ3) is 3.77. The topological polar surface area (TPSA) is 55.2 Å². The zero-order valence-corrected chi connectivity index (χ0v) is 10.1. The van der Waals surface area contributed by atoms with Gasteiger partial charge in [0.15, 0.2) is 0 Å². The molecule has 0 aliphatic rings. The fraction of sp³-hybridized carbons (Fsp3) is 0.143. The van der Waals surface area contributed by atoms with Crippen molar-refractivity contribution in [3.8, 4) is 0 Å². The highest BCUT2D eigenvalue weighted by Gasteiger charge is 2.17. The van der Waals surface area contributed by atoms with Crippen molar-refractivity contribution in [2.24, 2.45) is 0 Å². The molecule has 0 fully saturated rings. The largest absolute Gasteiger partial charge is 0.372 e. The van der Waals surface area contributed by atoms with Crippen LogP contribution in [0.25, 0.3) is 0 Å². The first-order valence-electron chi connectivity index (χ1n) is 5.84. The Bertz CT molecular complexity index is 560. The molecule has 0 spiro atoms. The van der Waals surface area contributed by atoms with Gasteiger partial charge in [-0.05, 0) is 23.8 Å². The van der Waals surface area contributed by atoms with Gasteiger partial charge in [-0.3, -0.25) is 10.1 Å². The summed E-state index contributed by atoms with van der Waals surface area (Å²) >= 11 is 0. The van der Waals surface area contributed by atoms with Crippen molar-refractivity contribution in [3.05, 3.63) is 76.1 Å². The monoisotopic (exact) mass is 260 g/mol. The number of nitro groups is 1. The fourth-order valence-electron chi connectivity index (χ4n) is 1.85. The van der Waals surface area contributed by atoms with Gasteiger partial charge in [-0.25, -0.2) is 4.39 Å². The van der Waals surface area contributed by atoms with Gasteiger partial charge in [0.2, 0.25) is 6.54 Å². The molecule has 0 heterocycles. The maximum atomic E-state index is 13.1. The van der Waals surface area contributed by atoms with E-state index >= 15 is 0 Å². The average molecular weight is 260 g/mol. The number of nitrogens with zero attached hydrogens (tertiary/aromatic N) is 1. The lowest BCUT2D eigenvalue weighted by molar-refractivity contribution is -0.482. The lowest BCUT2D eigenvalue weighted by Gasteiger charge is -2.16. The zero-order chi connectivity index (χ0) is 13.7. The Morgan fingerprint density at radius 1 is 1.16 bits per heavy atom. The summed E-state index contributed by atoms with van der Waals surface area (Å²) in [6.45, 7) is -0.263. The van der Waals surface area contributed by atoms with Crippen molar-refractivity contribution in [2.45, 2.75) is 6.04 Å². The maximum absolute atomic E-state index is 13.1. The summed E-state index contributed by atoms with van der Waals surface area (Å²) in [7, 11) is 0. The number of hydrogen-bond acceptors (Lipinski definition) is 3. The average Bonchev–Trinajstić information content (AvgIpc) is 2.38. The summed E-state index contributed by atoms with van der Waals surface area (Å²) in [4.78, 5) is 10.3. The smallest absolute Gasteiger partial charge is 0.227 e. The first kappa shape index (κ1) is 13.0. The lowest BCUT2D eigenvalue weighted by atomic mass is 10.1. The van der Waals surface area contributed by atoms with Gasteiger partial charge in [-0.1, -0.05) is 36.4 Å². The van der Waals surface area contributed by atoms with Crippen molar-refractivity contribution in [1.29, 1.82) is 0 Å². The van der Waals surface area contributed by atoms with Gasteiger partial charge in [0.25, 0.3) is 0 Å². The van der Waals surface area contributed by atoms with Gasteiger partial charge in [0.05, 0.1) is 0 Å².